The molecule has 1 heterocycles. The Morgan fingerprint density at radius 3 is 2.96 bits per heavy atom. The van der Waals surface area contributed by atoms with Crippen LogP contribution in [0.15, 0.2) is 48.7 Å². The van der Waals surface area contributed by atoms with Gasteiger partial charge in [0.05, 0.1) is 17.3 Å². The van der Waals surface area contributed by atoms with Crippen molar-refractivity contribution in [1.29, 1.82) is 0 Å². The Kier molecular flexibility index (Phi) is 4.92. The number of thioether (sulfide) groups is 1. The zero-order valence-electron chi connectivity index (χ0n) is 12.4. The zero-order chi connectivity index (χ0) is 16.1. The van der Waals surface area contributed by atoms with Gasteiger partial charge in [-0.25, -0.2) is 4.39 Å². The Hall–Kier alpha value is -2.34. The predicted octanol–water partition coefficient (Wildman–Crippen LogP) is 3.37. The molecule has 118 valence electrons. The SMILES string of the molecule is O=C(NCCSCc1ccccc1F)c1cccc2cn[nH]c12. The highest BCUT2D eigenvalue weighted by Gasteiger charge is 2.10. The van der Waals surface area contributed by atoms with E-state index in [1.54, 1.807) is 36.2 Å². The minimum absolute atomic E-state index is 0.133. The Morgan fingerprint density at radius 2 is 2.09 bits per heavy atom. The first-order valence-corrected chi connectivity index (χ1v) is 8.42. The minimum Gasteiger partial charge on any atom is -0.351 e. The number of carbonyl (C=O) groups excluding carboxylic acids is 1. The van der Waals surface area contributed by atoms with Gasteiger partial charge in [0.2, 0.25) is 0 Å². The van der Waals surface area contributed by atoms with Crippen LogP contribution in [-0.2, 0) is 5.75 Å². The predicted molar refractivity (Wildman–Crippen MR) is 91.0 cm³/mol. The molecule has 0 unspecified atom stereocenters. The summed E-state index contributed by atoms with van der Waals surface area (Å²) in [4.78, 5) is 12.2. The number of nitrogens with one attached hydrogen (secondary N) is 2. The highest BCUT2D eigenvalue weighted by Crippen LogP contribution is 2.16. The van der Waals surface area contributed by atoms with Crippen molar-refractivity contribution < 1.29 is 9.18 Å². The second-order valence-electron chi connectivity index (χ2n) is 5.04. The molecule has 0 radical (unpaired) electrons. The van der Waals surface area contributed by atoms with Crippen LogP contribution in [0.3, 0.4) is 0 Å². The van der Waals surface area contributed by atoms with Gasteiger partial charge in [-0.1, -0.05) is 30.3 Å². The number of H-pyrrole nitrogens is 1. The van der Waals surface area contributed by atoms with Gasteiger partial charge in [0.15, 0.2) is 0 Å². The van der Waals surface area contributed by atoms with E-state index in [2.05, 4.69) is 15.5 Å². The van der Waals surface area contributed by atoms with Crippen molar-refractivity contribution in [3.8, 4) is 0 Å². The number of hydrogen-bond acceptors (Lipinski definition) is 3. The van der Waals surface area contributed by atoms with E-state index in [-0.39, 0.29) is 11.7 Å². The summed E-state index contributed by atoms with van der Waals surface area (Å²) in [6, 6.07) is 12.2. The molecule has 1 amide bonds. The maximum Gasteiger partial charge on any atom is 0.253 e. The fourth-order valence-corrected chi connectivity index (χ4v) is 3.13. The van der Waals surface area contributed by atoms with Gasteiger partial charge in [0.1, 0.15) is 5.82 Å². The van der Waals surface area contributed by atoms with Crippen LogP contribution in [0.1, 0.15) is 15.9 Å². The van der Waals surface area contributed by atoms with Crippen molar-refractivity contribution in [3.63, 3.8) is 0 Å². The summed E-state index contributed by atoms with van der Waals surface area (Å²) in [7, 11) is 0. The summed E-state index contributed by atoms with van der Waals surface area (Å²) in [5.41, 5.74) is 2.01. The van der Waals surface area contributed by atoms with Crippen LogP contribution in [0.4, 0.5) is 4.39 Å². The number of rotatable bonds is 6. The number of carbonyl (C=O) groups is 1. The van der Waals surface area contributed by atoms with Gasteiger partial charge in [0, 0.05) is 23.4 Å². The molecule has 6 heteroatoms. The van der Waals surface area contributed by atoms with E-state index in [0.29, 0.717) is 23.4 Å². The average Bonchev–Trinajstić information content (AvgIpc) is 3.04. The van der Waals surface area contributed by atoms with Crippen molar-refractivity contribution in [1.82, 2.24) is 15.5 Å². The third-order valence-electron chi connectivity index (χ3n) is 3.47. The molecular formula is C17H16FN3OS. The van der Waals surface area contributed by atoms with Crippen molar-refractivity contribution in [2.45, 2.75) is 5.75 Å². The van der Waals surface area contributed by atoms with E-state index < -0.39 is 0 Å². The van der Waals surface area contributed by atoms with E-state index in [1.165, 1.54) is 6.07 Å². The summed E-state index contributed by atoms with van der Waals surface area (Å²) in [5, 5.41) is 10.6. The summed E-state index contributed by atoms with van der Waals surface area (Å²) in [6.45, 7) is 0.530. The van der Waals surface area contributed by atoms with Gasteiger partial charge in [-0.3, -0.25) is 9.89 Å². The smallest absolute Gasteiger partial charge is 0.253 e. The second-order valence-corrected chi connectivity index (χ2v) is 6.14. The molecule has 0 aliphatic rings. The Morgan fingerprint density at radius 1 is 1.22 bits per heavy atom. The molecule has 23 heavy (non-hydrogen) atoms. The third-order valence-corrected chi connectivity index (χ3v) is 4.48. The molecule has 0 aliphatic heterocycles. The number of fused-ring (bicyclic) bond motifs is 1. The fraction of sp³-hybridized carbons (Fsp3) is 0.176. The Labute approximate surface area is 137 Å². The average molecular weight is 329 g/mol. The number of nitrogens with zero attached hydrogens (tertiary/aromatic N) is 1. The lowest BCUT2D eigenvalue weighted by Gasteiger charge is -2.06. The molecule has 4 nitrogen and oxygen atoms in total. The number of para-hydroxylation sites is 1. The van der Waals surface area contributed by atoms with Crippen LogP contribution in [0.25, 0.3) is 10.9 Å². The molecule has 0 saturated heterocycles. The van der Waals surface area contributed by atoms with Crippen LogP contribution in [0.5, 0.6) is 0 Å². The van der Waals surface area contributed by atoms with E-state index in [9.17, 15) is 9.18 Å². The topological polar surface area (TPSA) is 57.8 Å². The molecule has 0 saturated carbocycles. The standard InChI is InChI=1S/C17H16FN3OS/c18-15-7-2-1-4-13(15)11-23-9-8-19-17(22)14-6-3-5-12-10-20-21-16(12)14/h1-7,10H,8-9,11H2,(H,19,22)(H,20,21). The van der Waals surface area contributed by atoms with E-state index in [0.717, 1.165) is 16.7 Å². The number of hydrogen-bond donors (Lipinski definition) is 2. The molecule has 0 spiro atoms. The molecule has 0 bridgehead atoms. The van der Waals surface area contributed by atoms with Crippen molar-refractivity contribution in [3.05, 3.63) is 65.6 Å². The number of benzene rings is 2. The van der Waals surface area contributed by atoms with Crippen molar-refractivity contribution in [2.24, 2.45) is 0 Å². The number of aromatic nitrogens is 2. The van der Waals surface area contributed by atoms with Gasteiger partial charge in [-0.15, -0.1) is 0 Å². The largest absolute Gasteiger partial charge is 0.351 e. The number of aromatic amines is 1. The number of halogens is 1. The lowest BCUT2D eigenvalue weighted by Crippen LogP contribution is -2.26. The van der Waals surface area contributed by atoms with Crippen LogP contribution in [0, 0.1) is 5.82 Å². The lowest BCUT2D eigenvalue weighted by molar-refractivity contribution is 0.0957. The van der Waals surface area contributed by atoms with Crippen molar-refractivity contribution in [2.75, 3.05) is 12.3 Å². The Balaban J connectivity index is 1.48. The number of amides is 1. The molecule has 0 atom stereocenters. The second kappa shape index (κ2) is 7.28. The normalized spacial score (nSPS) is 10.8. The molecule has 3 rings (SSSR count). The fourth-order valence-electron chi connectivity index (χ4n) is 2.29. The molecule has 2 N–H and O–H groups in total. The molecule has 0 aliphatic carbocycles. The highest BCUT2D eigenvalue weighted by molar-refractivity contribution is 7.98. The van der Waals surface area contributed by atoms with Crippen LogP contribution in [0.2, 0.25) is 0 Å². The van der Waals surface area contributed by atoms with Gasteiger partial charge >= 0.3 is 0 Å². The minimum atomic E-state index is -0.185. The van der Waals surface area contributed by atoms with E-state index >= 15 is 0 Å². The summed E-state index contributed by atoms with van der Waals surface area (Å²) >= 11 is 1.59. The quantitative estimate of drug-likeness (QED) is 0.682. The van der Waals surface area contributed by atoms with Crippen LogP contribution >= 0.6 is 11.8 Å². The summed E-state index contributed by atoms with van der Waals surface area (Å²) in [5.74, 6) is 0.999. The zero-order valence-corrected chi connectivity index (χ0v) is 13.2. The molecule has 1 aromatic heterocycles. The molecular weight excluding hydrogens is 313 g/mol. The maximum absolute atomic E-state index is 13.5. The molecule has 0 fully saturated rings. The van der Waals surface area contributed by atoms with Gasteiger partial charge in [0.25, 0.3) is 5.91 Å². The van der Waals surface area contributed by atoms with E-state index in [1.807, 2.05) is 18.2 Å². The first kappa shape index (κ1) is 15.6. The maximum atomic E-state index is 13.5. The summed E-state index contributed by atoms with van der Waals surface area (Å²) in [6.07, 6.45) is 1.69. The lowest BCUT2D eigenvalue weighted by atomic mass is 10.1. The van der Waals surface area contributed by atoms with Crippen LogP contribution in [-0.4, -0.2) is 28.4 Å². The van der Waals surface area contributed by atoms with Gasteiger partial charge in [-0.2, -0.15) is 16.9 Å². The highest BCUT2D eigenvalue weighted by atomic mass is 32.2. The summed E-state index contributed by atoms with van der Waals surface area (Å²) < 4.78 is 13.5. The van der Waals surface area contributed by atoms with E-state index in [4.69, 9.17) is 0 Å². The third kappa shape index (κ3) is 3.71. The first-order valence-electron chi connectivity index (χ1n) is 7.27. The molecule has 3 aromatic rings. The molecule has 2 aromatic carbocycles. The van der Waals surface area contributed by atoms with Gasteiger partial charge < -0.3 is 5.32 Å². The van der Waals surface area contributed by atoms with Crippen molar-refractivity contribution >= 4 is 28.6 Å². The first-order chi connectivity index (χ1) is 11.3. The Bertz CT molecular complexity index is 818. The van der Waals surface area contributed by atoms with Crippen LogP contribution < -0.4 is 5.32 Å². The monoisotopic (exact) mass is 329 g/mol. The van der Waals surface area contributed by atoms with Gasteiger partial charge in [-0.05, 0) is 17.7 Å².